The zero-order valence-electron chi connectivity index (χ0n) is 25.8. The Morgan fingerprint density at radius 3 is 1.07 bits per heavy atom. The summed E-state index contributed by atoms with van der Waals surface area (Å²) < 4.78 is 0. The Morgan fingerprint density at radius 2 is 0.780 bits per heavy atom. The molecule has 7 heteroatoms. The van der Waals surface area contributed by atoms with Gasteiger partial charge in [0.1, 0.15) is 0 Å². The average Bonchev–Trinajstić information content (AvgIpc) is 3.67. The molecule has 0 spiro atoms. The summed E-state index contributed by atoms with van der Waals surface area (Å²) >= 11 is 0. The molecule has 0 aliphatic carbocycles. The summed E-state index contributed by atoms with van der Waals surface area (Å²) in [5.74, 6) is 1.58. The Balaban J connectivity index is 0.00000387. The van der Waals surface area contributed by atoms with Crippen LogP contribution < -0.4 is 9.97 Å². The van der Waals surface area contributed by atoms with E-state index in [0.717, 1.165) is 96.7 Å². The molecule has 41 heavy (non-hydrogen) atoms. The molecular formula is C34H42N6Pt. The maximum atomic E-state index is 5.16. The maximum absolute atomic E-state index is 5.16. The molecule has 3 aromatic heterocycles. The van der Waals surface area contributed by atoms with Gasteiger partial charge in [-0.25, -0.2) is 0 Å². The molecule has 0 radical (unpaired) electrons. The van der Waals surface area contributed by atoms with Crippen molar-refractivity contribution in [2.75, 3.05) is 0 Å². The number of nitrogens with zero attached hydrogens (tertiary/aromatic N) is 6. The van der Waals surface area contributed by atoms with Crippen LogP contribution >= 0.6 is 0 Å². The molecule has 0 saturated carbocycles. The molecule has 0 amide bonds. The predicted molar refractivity (Wildman–Crippen MR) is 167 cm³/mol. The van der Waals surface area contributed by atoms with Gasteiger partial charge in [-0.05, 0) is 119 Å². The molecule has 8 bridgehead atoms. The number of fused-ring (bicyclic) bond motifs is 8. The summed E-state index contributed by atoms with van der Waals surface area (Å²) in [7, 11) is 0. The molecule has 218 valence electrons. The molecule has 2 aliphatic rings. The minimum Gasteiger partial charge on any atom is -0.436 e. The number of hydrogen-bond acceptors (Lipinski definition) is 4. The summed E-state index contributed by atoms with van der Waals surface area (Å²) in [5.41, 5.74) is 15.3. The van der Waals surface area contributed by atoms with Crippen LogP contribution in [-0.2, 0) is 46.7 Å². The van der Waals surface area contributed by atoms with E-state index >= 15 is 0 Å². The predicted octanol–water partition coefficient (Wildman–Crippen LogP) is 8.07. The van der Waals surface area contributed by atoms with E-state index in [1.807, 2.05) is 0 Å². The van der Waals surface area contributed by atoms with E-state index in [0.29, 0.717) is 0 Å². The Bertz CT molecular complexity index is 1450. The quantitative estimate of drug-likeness (QED) is 0.234. The van der Waals surface area contributed by atoms with Gasteiger partial charge in [-0.1, -0.05) is 66.7 Å². The van der Waals surface area contributed by atoms with Gasteiger partial charge >= 0.3 is 21.1 Å². The van der Waals surface area contributed by atoms with Crippen LogP contribution in [-0.4, -0.2) is 19.9 Å². The van der Waals surface area contributed by atoms with Crippen molar-refractivity contribution < 1.29 is 21.1 Å². The zero-order valence-corrected chi connectivity index (χ0v) is 28.1. The Hall–Kier alpha value is -2.85. The molecule has 0 atom stereocenters. The van der Waals surface area contributed by atoms with E-state index in [4.69, 9.17) is 29.9 Å². The number of hydrogen-bond donors (Lipinski definition) is 0. The van der Waals surface area contributed by atoms with Crippen molar-refractivity contribution in [1.29, 1.82) is 0 Å². The zero-order chi connectivity index (χ0) is 28.6. The van der Waals surface area contributed by atoms with Crippen molar-refractivity contribution >= 4 is 44.6 Å². The fraction of sp³-hybridized carbons (Fsp3) is 0.471. The van der Waals surface area contributed by atoms with Crippen molar-refractivity contribution in [3.63, 3.8) is 0 Å². The van der Waals surface area contributed by atoms with Gasteiger partial charge in [-0.3, -0.25) is 9.97 Å². The SMILES string of the molecule is CCC1=C(CC)c2nc1cc1[n-]c(nc3nc(cc4[n-]c(n2)c(CC)c4CC)C(CC)=C3CC)c(CC)c1CC.[Pt+2]. The molecule has 0 aromatic carbocycles. The second-order valence-corrected chi connectivity index (χ2v) is 10.5. The van der Waals surface area contributed by atoms with Crippen LogP contribution in [0.4, 0.5) is 0 Å². The van der Waals surface area contributed by atoms with Gasteiger partial charge in [0.2, 0.25) is 0 Å². The van der Waals surface area contributed by atoms with E-state index < -0.39 is 0 Å². The molecule has 0 saturated heterocycles. The second kappa shape index (κ2) is 13.0. The molecule has 5 rings (SSSR count). The van der Waals surface area contributed by atoms with Crippen molar-refractivity contribution in [3.8, 4) is 0 Å². The summed E-state index contributed by atoms with van der Waals surface area (Å²) in [4.78, 5) is 30.8. The van der Waals surface area contributed by atoms with Gasteiger partial charge in [-0.15, -0.1) is 0 Å². The largest absolute Gasteiger partial charge is 2.00 e. The van der Waals surface area contributed by atoms with Crippen LogP contribution in [0.2, 0.25) is 0 Å². The van der Waals surface area contributed by atoms with E-state index in [1.165, 1.54) is 44.5 Å². The standard InChI is InChI=1S/C34H42N6.Pt/c1-9-19-23(13-5)31-35-27(19)17-28-20(10-2)24(14-6)33(36-28)40-34-26(16-8)22(12-4)30(38-34)18-29-21(11-3)25(15-7)32(37-29)39-31;/h17-18H,9-16H2,1-8H3;/q-2;+2. The topological polar surface area (TPSA) is 79.8 Å². The monoisotopic (exact) mass is 729 g/mol. The number of aryl methyl sites for hydroxylation is 4. The molecule has 6 nitrogen and oxygen atoms in total. The first kappa shape index (κ1) is 31.1. The summed E-state index contributed by atoms with van der Waals surface area (Å²) in [6.07, 6.45) is 7.08. The van der Waals surface area contributed by atoms with Crippen LogP contribution in [0, 0.1) is 0 Å². The summed E-state index contributed by atoms with van der Waals surface area (Å²) in [5, 5.41) is 0. The molecular weight excluding hydrogens is 687 g/mol. The van der Waals surface area contributed by atoms with Gasteiger partial charge in [0.05, 0.1) is 23.0 Å². The molecule has 0 unspecified atom stereocenters. The molecule has 3 aromatic rings. The second-order valence-electron chi connectivity index (χ2n) is 10.5. The van der Waals surface area contributed by atoms with Gasteiger partial charge in [-0.2, -0.15) is 0 Å². The smallest absolute Gasteiger partial charge is 0.436 e. The number of aromatic nitrogens is 6. The third-order valence-corrected chi connectivity index (χ3v) is 8.48. The minimum absolute atomic E-state index is 0. The third kappa shape index (κ3) is 5.29. The summed E-state index contributed by atoms with van der Waals surface area (Å²) in [6.45, 7) is 17.6. The minimum atomic E-state index is 0. The van der Waals surface area contributed by atoms with Gasteiger partial charge < -0.3 is 19.9 Å². The summed E-state index contributed by atoms with van der Waals surface area (Å²) in [6, 6.07) is 4.33. The molecule has 0 N–H and O–H groups in total. The van der Waals surface area contributed by atoms with Crippen molar-refractivity contribution in [2.45, 2.75) is 107 Å². The van der Waals surface area contributed by atoms with Crippen LogP contribution in [0.3, 0.4) is 0 Å². The fourth-order valence-corrected chi connectivity index (χ4v) is 6.53. The number of allylic oxidation sites excluding steroid dienone is 4. The van der Waals surface area contributed by atoms with Crippen LogP contribution in [0.5, 0.6) is 0 Å². The average molecular weight is 730 g/mol. The Kier molecular flexibility index (Phi) is 9.84. The van der Waals surface area contributed by atoms with E-state index in [1.54, 1.807) is 0 Å². The van der Waals surface area contributed by atoms with Crippen LogP contribution in [0.25, 0.3) is 44.6 Å². The molecule has 0 fully saturated rings. The van der Waals surface area contributed by atoms with E-state index in [9.17, 15) is 0 Å². The van der Waals surface area contributed by atoms with Gasteiger partial charge in [0.25, 0.3) is 0 Å². The number of rotatable bonds is 8. The van der Waals surface area contributed by atoms with Crippen molar-refractivity contribution in [3.05, 3.63) is 57.4 Å². The van der Waals surface area contributed by atoms with Crippen LogP contribution in [0.15, 0.2) is 12.1 Å². The maximum Gasteiger partial charge on any atom is 2.00 e. The van der Waals surface area contributed by atoms with Crippen molar-refractivity contribution in [2.24, 2.45) is 0 Å². The normalized spacial score (nSPS) is 13.3. The molecule has 2 aliphatic heterocycles. The van der Waals surface area contributed by atoms with Crippen molar-refractivity contribution in [1.82, 2.24) is 29.9 Å². The van der Waals surface area contributed by atoms with E-state index in [2.05, 4.69) is 67.5 Å². The van der Waals surface area contributed by atoms with Crippen LogP contribution in [0.1, 0.15) is 126 Å². The first-order chi connectivity index (χ1) is 19.5. The first-order valence-electron chi connectivity index (χ1n) is 15.3. The first-order valence-corrected chi connectivity index (χ1v) is 15.3. The third-order valence-electron chi connectivity index (χ3n) is 8.48. The molecule has 5 heterocycles. The Labute approximate surface area is 258 Å². The van der Waals surface area contributed by atoms with E-state index in [-0.39, 0.29) is 21.1 Å². The fourth-order valence-electron chi connectivity index (χ4n) is 6.53. The van der Waals surface area contributed by atoms with Gasteiger partial charge in [0.15, 0.2) is 0 Å². The van der Waals surface area contributed by atoms with Gasteiger partial charge in [0, 0.05) is 0 Å². The Morgan fingerprint density at radius 1 is 0.439 bits per heavy atom.